The molecule has 2 heterocycles. The van der Waals surface area contributed by atoms with Crippen molar-refractivity contribution in [2.75, 3.05) is 20.1 Å². The first-order valence-electron chi connectivity index (χ1n) is 5.88. The minimum absolute atomic E-state index is 0.120. The molecule has 18 heavy (non-hydrogen) atoms. The zero-order valence-corrected chi connectivity index (χ0v) is 12.7. The lowest BCUT2D eigenvalue weighted by atomic mass is 10.2. The highest BCUT2D eigenvalue weighted by molar-refractivity contribution is 9.10. The number of rotatable bonds is 6. The smallest absolute Gasteiger partial charge is 0.136 e. The van der Waals surface area contributed by atoms with E-state index in [1.807, 2.05) is 6.07 Å². The second-order valence-corrected chi connectivity index (χ2v) is 6.08. The van der Waals surface area contributed by atoms with Crippen molar-refractivity contribution >= 4 is 27.3 Å². The van der Waals surface area contributed by atoms with Crippen molar-refractivity contribution in [3.05, 3.63) is 45.0 Å². The molecule has 0 aliphatic rings. The Morgan fingerprint density at radius 3 is 2.89 bits per heavy atom. The summed E-state index contributed by atoms with van der Waals surface area (Å²) in [5.74, 6) is 0.908. The molecule has 98 valence electrons. The first-order valence-corrected chi connectivity index (χ1v) is 7.55. The zero-order valence-electron chi connectivity index (χ0n) is 10.3. The molecule has 2 aromatic heterocycles. The van der Waals surface area contributed by atoms with E-state index in [1.54, 1.807) is 17.6 Å². The quantitative estimate of drug-likeness (QED) is 0.884. The summed E-state index contributed by atoms with van der Waals surface area (Å²) in [5, 5.41) is 2.11. The summed E-state index contributed by atoms with van der Waals surface area (Å²) in [6.07, 6.45) is 2.73. The number of hydrogen-bond donors (Lipinski definition) is 1. The van der Waals surface area contributed by atoms with Crippen LogP contribution in [0.25, 0.3) is 0 Å². The predicted octanol–water partition coefficient (Wildman–Crippen LogP) is 3.28. The van der Waals surface area contributed by atoms with Crippen molar-refractivity contribution in [3.63, 3.8) is 0 Å². The monoisotopic (exact) mass is 328 g/mol. The van der Waals surface area contributed by atoms with E-state index in [2.05, 4.69) is 45.4 Å². The van der Waals surface area contributed by atoms with Crippen molar-refractivity contribution in [1.82, 2.24) is 4.90 Å². The number of nitrogens with zero attached hydrogens (tertiary/aromatic N) is 1. The molecule has 0 aliphatic heterocycles. The second kappa shape index (κ2) is 6.52. The van der Waals surface area contributed by atoms with Crippen LogP contribution in [0.3, 0.4) is 0 Å². The number of nitrogens with two attached hydrogens (primary N) is 1. The average Bonchev–Trinajstić information content (AvgIpc) is 3.00. The lowest BCUT2D eigenvalue weighted by molar-refractivity contribution is 0.222. The van der Waals surface area contributed by atoms with Crippen molar-refractivity contribution < 1.29 is 4.42 Å². The minimum atomic E-state index is 0.120. The van der Waals surface area contributed by atoms with E-state index >= 15 is 0 Å². The fourth-order valence-corrected chi connectivity index (χ4v) is 3.09. The standard InChI is InChI=1S/C13H17BrN2OS/c1-16(6-4-10-3-2-8-18-10)12(9-15)13-11(14)5-7-17-13/h2-3,5,7-8,12H,4,6,9,15H2,1H3. The first kappa shape index (κ1) is 13.8. The third-order valence-corrected chi connectivity index (χ3v) is 4.59. The summed E-state index contributed by atoms with van der Waals surface area (Å²) in [4.78, 5) is 3.64. The number of thiophene rings is 1. The van der Waals surface area contributed by atoms with Gasteiger partial charge >= 0.3 is 0 Å². The Balaban J connectivity index is 1.98. The maximum absolute atomic E-state index is 5.86. The Morgan fingerprint density at radius 1 is 1.50 bits per heavy atom. The largest absolute Gasteiger partial charge is 0.466 e. The summed E-state index contributed by atoms with van der Waals surface area (Å²) < 4.78 is 6.50. The van der Waals surface area contributed by atoms with E-state index < -0.39 is 0 Å². The molecule has 0 aliphatic carbocycles. The predicted molar refractivity (Wildman–Crippen MR) is 78.9 cm³/mol. The van der Waals surface area contributed by atoms with Crippen LogP contribution in [-0.4, -0.2) is 25.0 Å². The summed E-state index contributed by atoms with van der Waals surface area (Å²) >= 11 is 5.29. The third kappa shape index (κ3) is 3.23. The van der Waals surface area contributed by atoms with Gasteiger partial charge in [-0.25, -0.2) is 0 Å². The van der Waals surface area contributed by atoms with Crippen molar-refractivity contribution in [2.24, 2.45) is 5.73 Å². The normalized spacial score (nSPS) is 13.1. The average molecular weight is 329 g/mol. The highest BCUT2D eigenvalue weighted by Crippen LogP contribution is 2.27. The number of furan rings is 1. The van der Waals surface area contributed by atoms with Gasteiger partial charge in [0.15, 0.2) is 0 Å². The molecule has 2 rings (SSSR count). The van der Waals surface area contributed by atoms with Gasteiger partial charge in [0.05, 0.1) is 16.8 Å². The summed E-state index contributed by atoms with van der Waals surface area (Å²) in [5.41, 5.74) is 5.86. The van der Waals surface area contributed by atoms with Crippen molar-refractivity contribution in [1.29, 1.82) is 0 Å². The highest BCUT2D eigenvalue weighted by atomic mass is 79.9. The maximum atomic E-state index is 5.86. The van der Waals surface area contributed by atoms with Crippen LogP contribution in [0.15, 0.2) is 38.7 Å². The Morgan fingerprint density at radius 2 is 2.33 bits per heavy atom. The zero-order chi connectivity index (χ0) is 13.0. The second-order valence-electron chi connectivity index (χ2n) is 4.19. The fraction of sp³-hybridized carbons (Fsp3) is 0.385. The Labute approximate surface area is 120 Å². The molecule has 0 radical (unpaired) electrons. The van der Waals surface area contributed by atoms with Crippen LogP contribution in [0, 0.1) is 0 Å². The van der Waals surface area contributed by atoms with Gasteiger partial charge in [0.25, 0.3) is 0 Å². The SMILES string of the molecule is CN(CCc1cccs1)C(CN)c1occc1Br. The van der Waals surface area contributed by atoms with Gasteiger partial charge in [0.1, 0.15) is 5.76 Å². The van der Waals surface area contributed by atoms with Crippen LogP contribution in [0.4, 0.5) is 0 Å². The molecule has 0 amide bonds. The van der Waals surface area contributed by atoms with E-state index in [0.717, 1.165) is 23.2 Å². The van der Waals surface area contributed by atoms with E-state index in [4.69, 9.17) is 10.2 Å². The minimum Gasteiger partial charge on any atom is -0.466 e. The van der Waals surface area contributed by atoms with Crippen LogP contribution in [0.2, 0.25) is 0 Å². The van der Waals surface area contributed by atoms with Gasteiger partial charge in [-0.15, -0.1) is 11.3 Å². The van der Waals surface area contributed by atoms with Crippen molar-refractivity contribution in [2.45, 2.75) is 12.5 Å². The Bertz CT molecular complexity index is 469. The van der Waals surface area contributed by atoms with Gasteiger partial charge in [-0.2, -0.15) is 0 Å². The van der Waals surface area contributed by atoms with Gasteiger partial charge in [-0.3, -0.25) is 4.90 Å². The van der Waals surface area contributed by atoms with Crippen LogP contribution in [-0.2, 0) is 6.42 Å². The molecule has 0 aromatic carbocycles. The molecule has 5 heteroatoms. The van der Waals surface area contributed by atoms with Crippen LogP contribution < -0.4 is 5.73 Å². The molecule has 2 N–H and O–H groups in total. The van der Waals surface area contributed by atoms with E-state index in [-0.39, 0.29) is 6.04 Å². The van der Waals surface area contributed by atoms with Gasteiger partial charge in [0.2, 0.25) is 0 Å². The van der Waals surface area contributed by atoms with E-state index in [0.29, 0.717) is 6.54 Å². The molecule has 0 fully saturated rings. The molecule has 1 unspecified atom stereocenters. The van der Waals surface area contributed by atoms with Gasteiger partial charge in [0, 0.05) is 18.0 Å². The molecule has 0 saturated heterocycles. The van der Waals surface area contributed by atoms with Gasteiger partial charge in [-0.1, -0.05) is 6.07 Å². The maximum Gasteiger partial charge on any atom is 0.136 e. The number of likely N-dealkylation sites (N-methyl/N-ethyl adjacent to an activating group) is 1. The molecular weight excluding hydrogens is 312 g/mol. The molecule has 0 bridgehead atoms. The highest BCUT2D eigenvalue weighted by Gasteiger charge is 2.20. The fourth-order valence-electron chi connectivity index (χ4n) is 1.93. The van der Waals surface area contributed by atoms with E-state index in [9.17, 15) is 0 Å². The first-order chi connectivity index (χ1) is 8.72. The van der Waals surface area contributed by atoms with Crippen molar-refractivity contribution in [3.8, 4) is 0 Å². The summed E-state index contributed by atoms with van der Waals surface area (Å²) in [6, 6.07) is 6.28. The molecular formula is C13H17BrN2OS. The molecule has 1 atom stereocenters. The Kier molecular flexibility index (Phi) is 5.00. The topological polar surface area (TPSA) is 42.4 Å². The number of halogens is 1. The van der Waals surface area contributed by atoms with Crippen LogP contribution in [0.5, 0.6) is 0 Å². The lowest BCUT2D eigenvalue weighted by Gasteiger charge is -2.25. The summed E-state index contributed by atoms with van der Waals surface area (Å²) in [7, 11) is 2.08. The van der Waals surface area contributed by atoms with Crippen LogP contribution in [0.1, 0.15) is 16.7 Å². The molecule has 2 aromatic rings. The summed E-state index contributed by atoms with van der Waals surface area (Å²) in [6.45, 7) is 1.52. The molecule has 3 nitrogen and oxygen atoms in total. The lowest BCUT2D eigenvalue weighted by Crippen LogP contribution is -2.32. The molecule has 0 saturated carbocycles. The third-order valence-electron chi connectivity index (χ3n) is 2.99. The van der Waals surface area contributed by atoms with Gasteiger partial charge in [-0.05, 0) is 46.9 Å². The van der Waals surface area contributed by atoms with Gasteiger partial charge < -0.3 is 10.2 Å². The van der Waals surface area contributed by atoms with E-state index in [1.165, 1.54) is 4.88 Å². The number of hydrogen-bond acceptors (Lipinski definition) is 4. The Hall–Kier alpha value is -0.620. The molecule has 0 spiro atoms. The van der Waals surface area contributed by atoms with Crippen LogP contribution >= 0.6 is 27.3 Å².